The number of aliphatic hydroxyl groups is 1. The normalized spacial score (nSPS) is 37.2. The van der Waals surface area contributed by atoms with Crippen molar-refractivity contribution in [1.29, 1.82) is 0 Å². The zero-order valence-electron chi connectivity index (χ0n) is 8.33. The summed E-state index contributed by atoms with van der Waals surface area (Å²) in [6.07, 6.45) is 0.500. The van der Waals surface area contributed by atoms with Gasteiger partial charge in [0.2, 0.25) is 0 Å². The van der Waals surface area contributed by atoms with E-state index in [1.807, 2.05) is 6.92 Å². The zero-order chi connectivity index (χ0) is 9.64. The molecule has 0 radical (unpaired) electrons. The number of aliphatic hydroxyl groups excluding tert-OH is 1. The molecule has 0 bridgehead atoms. The van der Waals surface area contributed by atoms with Gasteiger partial charge in [-0.15, -0.1) is 0 Å². The first kappa shape index (κ1) is 9.03. The lowest BCUT2D eigenvalue weighted by Gasteiger charge is -2.37. The van der Waals surface area contributed by atoms with E-state index in [2.05, 4.69) is 13.8 Å². The quantitative estimate of drug-likeness (QED) is 0.619. The van der Waals surface area contributed by atoms with Crippen LogP contribution in [0.15, 0.2) is 11.3 Å². The average molecular weight is 184 g/mol. The van der Waals surface area contributed by atoms with Gasteiger partial charge >= 0.3 is 0 Å². The van der Waals surface area contributed by atoms with E-state index >= 15 is 0 Å². The van der Waals surface area contributed by atoms with E-state index in [4.69, 9.17) is 9.47 Å². The highest BCUT2D eigenvalue weighted by atomic mass is 16.7. The summed E-state index contributed by atoms with van der Waals surface area (Å²) in [5.74, 6) is 0.854. The molecule has 0 aromatic rings. The van der Waals surface area contributed by atoms with Gasteiger partial charge in [0.15, 0.2) is 6.79 Å². The van der Waals surface area contributed by atoms with Crippen LogP contribution in [0.3, 0.4) is 0 Å². The van der Waals surface area contributed by atoms with Crippen LogP contribution >= 0.6 is 0 Å². The molecule has 3 nitrogen and oxygen atoms in total. The third-order valence-corrected chi connectivity index (χ3v) is 3.03. The third kappa shape index (κ3) is 1.27. The van der Waals surface area contributed by atoms with Crippen molar-refractivity contribution >= 4 is 0 Å². The fourth-order valence-electron chi connectivity index (χ4n) is 2.18. The SMILES string of the molecule is CC1=C2OCOC2CC(C)(C)C1O. The molecule has 74 valence electrons. The van der Waals surface area contributed by atoms with E-state index in [0.717, 1.165) is 17.8 Å². The monoisotopic (exact) mass is 184 g/mol. The highest BCUT2D eigenvalue weighted by molar-refractivity contribution is 5.23. The van der Waals surface area contributed by atoms with Crippen LogP contribution in [-0.2, 0) is 9.47 Å². The predicted octanol–water partition coefficient (Wildman–Crippen LogP) is 1.42. The van der Waals surface area contributed by atoms with Gasteiger partial charge in [-0.1, -0.05) is 13.8 Å². The van der Waals surface area contributed by atoms with Gasteiger partial charge < -0.3 is 14.6 Å². The summed E-state index contributed by atoms with van der Waals surface area (Å²) >= 11 is 0. The second-order valence-corrected chi connectivity index (χ2v) is 4.56. The molecule has 2 unspecified atom stereocenters. The predicted molar refractivity (Wildman–Crippen MR) is 47.9 cm³/mol. The topological polar surface area (TPSA) is 38.7 Å². The van der Waals surface area contributed by atoms with Crippen LogP contribution in [0.5, 0.6) is 0 Å². The summed E-state index contributed by atoms with van der Waals surface area (Å²) in [6.45, 7) is 6.36. The highest BCUT2D eigenvalue weighted by Crippen LogP contribution is 2.42. The molecule has 0 saturated carbocycles. The lowest BCUT2D eigenvalue weighted by molar-refractivity contribution is 0.00372. The molecule has 2 atom stereocenters. The van der Waals surface area contributed by atoms with Crippen LogP contribution in [-0.4, -0.2) is 24.1 Å². The van der Waals surface area contributed by atoms with Gasteiger partial charge in [0.25, 0.3) is 0 Å². The molecule has 13 heavy (non-hydrogen) atoms. The smallest absolute Gasteiger partial charge is 0.189 e. The summed E-state index contributed by atoms with van der Waals surface area (Å²) in [4.78, 5) is 0. The first-order chi connectivity index (χ1) is 6.02. The third-order valence-electron chi connectivity index (χ3n) is 3.03. The fraction of sp³-hybridized carbons (Fsp3) is 0.800. The van der Waals surface area contributed by atoms with Gasteiger partial charge in [-0.3, -0.25) is 0 Å². The maximum absolute atomic E-state index is 9.96. The summed E-state index contributed by atoms with van der Waals surface area (Å²) in [6, 6.07) is 0. The van der Waals surface area contributed by atoms with Gasteiger partial charge in [-0.05, 0) is 24.3 Å². The molecule has 0 amide bonds. The standard InChI is InChI=1S/C10H16O3/c1-6-8-7(12-5-13-8)4-10(2,3)9(6)11/h7,9,11H,4-5H2,1-3H3. The van der Waals surface area contributed by atoms with Crippen LogP contribution < -0.4 is 0 Å². The summed E-state index contributed by atoms with van der Waals surface area (Å²) < 4.78 is 10.8. The van der Waals surface area contributed by atoms with Gasteiger partial charge in [0, 0.05) is 0 Å². The Balaban J connectivity index is 2.36. The summed E-state index contributed by atoms with van der Waals surface area (Å²) in [5.41, 5.74) is 0.824. The van der Waals surface area contributed by atoms with Gasteiger partial charge in [-0.2, -0.15) is 0 Å². The lowest BCUT2D eigenvalue weighted by Crippen LogP contribution is -2.39. The molecule has 1 aliphatic carbocycles. The Kier molecular flexibility index (Phi) is 1.89. The van der Waals surface area contributed by atoms with Gasteiger partial charge in [0.1, 0.15) is 11.9 Å². The van der Waals surface area contributed by atoms with Crippen molar-refractivity contribution in [2.45, 2.75) is 39.4 Å². The van der Waals surface area contributed by atoms with Crippen molar-refractivity contribution < 1.29 is 14.6 Å². The van der Waals surface area contributed by atoms with E-state index in [-0.39, 0.29) is 11.5 Å². The van der Waals surface area contributed by atoms with Crippen LogP contribution in [0.1, 0.15) is 27.2 Å². The van der Waals surface area contributed by atoms with Crippen molar-refractivity contribution in [3.05, 3.63) is 11.3 Å². The molecule has 1 aliphatic heterocycles. The Morgan fingerprint density at radius 1 is 1.46 bits per heavy atom. The largest absolute Gasteiger partial charge is 0.469 e. The molecule has 0 aromatic carbocycles. The number of hydrogen-bond donors (Lipinski definition) is 1. The number of ether oxygens (including phenoxy) is 2. The molecule has 2 aliphatic rings. The molecule has 0 aromatic heterocycles. The number of hydrogen-bond acceptors (Lipinski definition) is 3. The van der Waals surface area contributed by atoms with Gasteiger partial charge in [-0.25, -0.2) is 0 Å². The molecule has 1 saturated heterocycles. The Labute approximate surface area is 78.3 Å². The Bertz CT molecular complexity index is 255. The van der Waals surface area contributed by atoms with E-state index in [1.54, 1.807) is 0 Å². The van der Waals surface area contributed by atoms with Crippen LogP contribution in [0.2, 0.25) is 0 Å². The van der Waals surface area contributed by atoms with E-state index in [1.165, 1.54) is 0 Å². The molecule has 1 N–H and O–H groups in total. The Hall–Kier alpha value is -0.540. The molecule has 1 fully saturated rings. The summed E-state index contributed by atoms with van der Waals surface area (Å²) in [5, 5.41) is 9.96. The molecular weight excluding hydrogens is 168 g/mol. The first-order valence-electron chi connectivity index (χ1n) is 4.65. The van der Waals surface area contributed by atoms with Crippen LogP contribution in [0, 0.1) is 5.41 Å². The zero-order valence-corrected chi connectivity index (χ0v) is 8.33. The minimum Gasteiger partial charge on any atom is -0.469 e. The van der Waals surface area contributed by atoms with Crippen LogP contribution in [0.4, 0.5) is 0 Å². The van der Waals surface area contributed by atoms with Crippen molar-refractivity contribution in [3.63, 3.8) is 0 Å². The van der Waals surface area contributed by atoms with E-state index < -0.39 is 6.10 Å². The maximum atomic E-state index is 9.96. The molecule has 0 spiro atoms. The maximum Gasteiger partial charge on any atom is 0.189 e. The van der Waals surface area contributed by atoms with Crippen molar-refractivity contribution in [1.82, 2.24) is 0 Å². The second-order valence-electron chi connectivity index (χ2n) is 4.56. The summed E-state index contributed by atoms with van der Waals surface area (Å²) in [7, 11) is 0. The lowest BCUT2D eigenvalue weighted by atomic mass is 9.73. The average Bonchev–Trinajstić information content (AvgIpc) is 2.47. The molecule has 3 heteroatoms. The fourth-order valence-corrected chi connectivity index (χ4v) is 2.18. The first-order valence-corrected chi connectivity index (χ1v) is 4.65. The van der Waals surface area contributed by atoms with E-state index in [0.29, 0.717) is 6.79 Å². The van der Waals surface area contributed by atoms with Crippen molar-refractivity contribution in [3.8, 4) is 0 Å². The molecule has 1 heterocycles. The molecular formula is C10H16O3. The second kappa shape index (κ2) is 2.72. The Morgan fingerprint density at radius 2 is 2.15 bits per heavy atom. The minimum atomic E-state index is -0.402. The number of rotatable bonds is 0. The van der Waals surface area contributed by atoms with E-state index in [9.17, 15) is 5.11 Å². The van der Waals surface area contributed by atoms with Gasteiger partial charge in [0.05, 0.1) is 6.10 Å². The Morgan fingerprint density at radius 3 is 2.85 bits per heavy atom. The minimum absolute atomic E-state index is 0.0680. The highest BCUT2D eigenvalue weighted by Gasteiger charge is 2.43. The molecule has 2 rings (SSSR count). The van der Waals surface area contributed by atoms with Crippen molar-refractivity contribution in [2.75, 3.05) is 6.79 Å². The van der Waals surface area contributed by atoms with Crippen molar-refractivity contribution in [2.24, 2.45) is 5.41 Å². The number of fused-ring (bicyclic) bond motifs is 1. The van der Waals surface area contributed by atoms with Crippen LogP contribution in [0.25, 0.3) is 0 Å².